The number of halogens is 2. The number of hydrogen-bond donors (Lipinski definition) is 4. The summed E-state index contributed by atoms with van der Waals surface area (Å²) in [4.78, 5) is 49.3. The summed E-state index contributed by atoms with van der Waals surface area (Å²) in [6, 6.07) is 72.4. The van der Waals surface area contributed by atoms with Crippen LogP contribution in [0.1, 0.15) is 44.5 Å². The lowest BCUT2D eigenvalue weighted by atomic mass is 9.80. The number of amides is 2. The van der Waals surface area contributed by atoms with E-state index in [9.17, 15) is 9.59 Å². The number of aromatic amines is 2. The van der Waals surface area contributed by atoms with Gasteiger partial charge in [0.1, 0.15) is 11.4 Å². The van der Waals surface area contributed by atoms with Crippen molar-refractivity contribution in [2.45, 2.75) is 24.0 Å². The zero-order chi connectivity index (χ0) is 53.6. The molecule has 0 aliphatic carbocycles. The highest BCUT2D eigenvalue weighted by Crippen LogP contribution is 2.42. The monoisotopic (exact) mass is 1290 g/mol. The molecule has 14 heteroatoms. The molecule has 0 unspecified atom stereocenters. The lowest BCUT2D eigenvalue weighted by Crippen LogP contribution is -2.36. The molecular formula is C64H54I2N6O4S2. The number of carbonyl (C=O) groups is 2. The summed E-state index contributed by atoms with van der Waals surface area (Å²) in [5.74, 6) is 0.551. The molecule has 78 heavy (non-hydrogen) atoms. The van der Waals surface area contributed by atoms with Crippen LogP contribution < -0.4 is 10.6 Å². The molecule has 4 N–H and O–H groups in total. The molecule has 0 aliphatic rings. The minimum atomic E-state index is -1.17. The summed E-state index contributed by atoms with van der Waals surface area (Å²) in [5, 5.41) is 18.0. The van der Waals surface area contributed by atoms with E-state index >= 15 is 0 Å². The summed E-state index contributed by atoms with van der Waals surface area (Å²) >= 11 is 4.62. The number of nitrogens with one attached hydrogen (secondary N) is 4. The first-order valence-corrected chi connectivity index (χ1v) is 30.1. The Kier molecular flexibility index (Phi) is 18.1. The van der Waals surface area contributed by atoms with E-state index in [4.69, 9.17) is 20.0 Å². The number of nitrogens with zero attached hydrogens (tertiary/aromatic N) is 2. The summed E-state index contributed by atoms with van der Waals surface area (Å²) in [5.41, 5.74) is 7.15. The van der Waals surface area contributed by atoms with Crippen molar-refractivity contribution in [1.29, 1.82) is 0 Å². The highest BCUT2D eigenvalue weighted by molar-refractivity contribution is 14.1. The second kappa shape index (κ2) is 26.0. The van der Waals surface area contributed by atoms with E-state index in [1.54, 1.807) is 21.6 Å². The molecule has 10 aromatic rings. The molecule has 0 saturated heterocycles. The molecule has 2 heterocycles. The van der Waals surface area contributed by atoms with Gasteiger partial charge < -0.3 is 30.3 Å². The Labute approximate surface area is 489 Å². The molecular weight excluding hydrogens is 1230 g/mol. The highest BCUT2D eigenvalue weighted by atomic mass is 127. The van der Waals surface area contributed by atoms with Crippen LogP contribution in [0.15, 0.2) is 241 Å². The fourth-order valence-corrected chi connectivity index (χ4v) is 12.4. The fraction of sp³-hybridized carbons (Fsp3) is 0.125. The first kappa shape index (κ1) is 54.2. The van der Waals surface area contributed by atoms with E-state index in [1.165, 1.54) is 0 Å². The van der Waals surface area contributed by atoms with E-state index in [0.29, 0.717) is 24.6 Å². The maximum Gasteiger partial charge on any atom is 0.269 e. The Morgan fingerprint density at radius 3 is 1.03 bits per heavy atom. The first-order valence-electron chi connectivity index (χ1n) is 25.5. The summed E-state index contributed by atoms with van der Waals surface area (Å²) < 4.78 is 2.17. The largest absolute Gasteiger partial charge is 0.374 e. The lowest BCUT2D eigenvalue weighted by molar-refractivity contribution is -0.116. The second-order valence-electron chi connectivity index (χ2n) is 18.3. The van der Waals surface area contributed by atoms with Crippen molar-refractivity contribution < 1.29 is 19.3 Å². The second-order valence-corrected chi connectivity index (χ2v) is 23.5. The molecule has 0 saturated carbocycles. The van der Waals surface area contributed by atoms with Gasteiger partial charge in [0, 0.05) is 112 Å². The molecule has 0 radical (unpaired) electrons. The number of fused-ring (bicyclic) bond motifs is 2. The standard InChI is InChI=1S/C64H54I2N6O4S2/c65-53-31-33-57-55(41-53)45(43-69-57)39-59(71-75-63(47-19-7-1-8-20-47,48-21-9-2-10-22-48)49-23-11-3-12-24-49)61(73)67-35-37-77-78-38-36-68-62(74)60(40-46-44-70-58-34-32-54(66)42-56(46)58)72-76-64(50-25-13-4-14-26-50,51-27-15-5-16-28-51)52-29-17-6-18-30-52/h1-34,41-44,69-70H,35-40H2,(H,67,73)(H,68,74)/b71-59+,72-60+. The molecule has 10 nitrogen and oxygen atoms in total. The zero-order valence-corrected chi connectivity index (χ0v) is 48.2. The molecule has 0 atom stereocenters. The first-order chi connectivity index (χ1) is 38.3. The van der Waals surface area contributed by atoms with Gasteiger partial charge in [-0.25, -0.2) is 0 Å². The fourth-order valence-electron chi connectivity index (χ4n) is 9.60. The Balaban J connectivity index is 0.839. The third-order valence-corrected chi connectivity index (χ3v) is 17.1. The average Bonchev–Trinajstić information content (AvgIpc) is 4.13. The minimum Gasteiger partial charge on any atom is -0.374 e. The Bertz CT molecular complexity index is 3220. The number of benzene rings is 8. The third kappa shape index (κ3) is 12.4. The van der Waals surface area contributed by atoms with Gasteiger partial charge in [-0.1, -0.05) is 214 Å². The van der Waals surface area contributed by atoms with Crippen molar-refractivity contribution in [3.05, 3.63) is 282 Å². The van der Waals surface area contributed by atoms with Gasteiger partial charge in [0.25, 0.3) is 11.8 Å². The number of hydrogen-bond acceptors (Lipinski definition) is 8. The van der Waals surface area contributed by atoms with E-state index < -0.39 is 11.2 Å². The summed E-state index contributed by atoms with van der Waals surface area (Å²) in [6.45, 7) is 0.747. The number of rotatable bonds is 23. The van der Waals surface area contributed by atoms with Crippen molar-refractivity contribution in [3.63, 3.8) is 0 Å². The smallest absolute Gasteiger partial charge is 0.269 e. The molecule has 390 valence electrons. The van der Waals surface area contributed by atoms with Crippen LogP contribution in [0.4, 0.5) is 0 Å². The summed E-state index contributed by atoms with van der Waals surface area (Å²) in [7, 11) is 3.22. The highest BCUT2D eigenvalue weighted by Gasteiger charge is 2.41. The van der Waals surface area contributed by atoms with Crippen LogP contribution in [0.3, 0.4) is 0 Å². The Hall–Kier alpha value is -7.12. The maximum atomic E-state index is 14.4. The van der Waals surface area contributed by atoms with Crippen molar-refractivity contribution in [1.82, 2.24) is 20.6 Å². The lowest BCUT2D eigenvalue weighted by Gasteiger charge is -2.33. The van der Waals surface area contributed by atoms with Gasteiger partial charge in [0.15, 0.2) is 0 Å². The number of H-pyrrole nitrogens is 2. The van der Waals surface area contributed by atoms with E-state index in [2.05, 4.69) is 90.0 Å². The van der Waals surface area contributed by atoms with E-state index in [0.717, 1.165) is 73.5 Å². The van der Waals surface area contributed by atoms with Gasteiger partial charge in [-0.3, -0.25) is 9.59 Å². The van der Waals surface area contributed by atoms with Gasteiger partial charge in [0.05, 0.1) is 0 Å². The van der Waals surface area contributed by atoms with E-state index in [1.807, 2.05) is 207 Å². The van der Waals surface area contributed by atoms with Gasteiger partial charge in [0.2, 0.25) is 11.2 Å². The number of oxime groups is 2. The molecule has 2 amide bonds. The molecule has 2 aromatic heterocycles. The Morgan fingerprint density at radius 1 is 0.436 bits per heavy atom. The average molecular weight is 1290 g/mol. The molecule has 0 aliphatic heterocycles. The minimum absolute atomic E-state index is 0.226. The van der Waals surface area contributed by atoms with Crippen LogP contribution in [0.5, 0.6) is 0 Å². The molecule has 10 rings (SSSR count). The van der Waals surface area contributed by atoms with E-state index in [-0.39, 0.29) is 36.1 Å². The van der Waals surface area contributed by atoms with Crippen LogP contribution in [0, 0.1) is 7.14 Å². The molecule has 0 bridgehead atoms. The van der Waals surface area contributed by atoms with Gasteiger partial charge in [-0.2, -0.15) is 0 Å². The zero-order valence-electron chi connectivity index (χ0n) is 42.3. The van der Waals surface area contributed by atoms with Crippen molar-refractivity contribution in [2.75, 3.05) is 24.6 Å². The topological polar surface area (TPSA) is 133 Å². The Morgan fingerprint density at radius 2 is 0.731 bits per heavy atom. The number of carbonyl (C=O) groups excluding carboxylic acids is 2. The maximum absolute atomic E-state index is 14.4. The van der Waals surface area contributed by atoms with Crippen molar-refractivity contribution >= 4 is 112 Å². The predicted octanol–water partition coefficient (Wildman–Crippen LogP) is 14.0. The van der Waals surface area contributed by atoms with Gasteiger partial charge in [-0.05, 0) is 92.7 Å². The van der Waals surface area contributed by atoms with Crippen LogP contribution >= 0.6 is 66.8 Å². The van der Waals surface area contributed by atoms with Gasteiger partial charge in [-0.15, -0.1) is 0 Å². The normalized spacial score (nSPS) is 12.1. The number of aromatic nitrogens is 2. The van der Waals surface area contributed by atoms with Crippen molar-refractivity contribution in [2.24, 2.45) is 10.3 Å². The molecule has 0 spiro atoms. The molecule has 8 aromatic carbocycles. The summed E-state index contributed by atoms with van der Waals surface area (Å²) in [6.07, 6.45) is 4.32. The third-order valence-electron chi connectivity index (χ3n) is 13.4. The van der Waals surface area contributed by atoms with Gasteiger partial charge >= 0.3 is 0 Å². The quantitative estimate of drug-likeness (QED) is 0.0126. The van der Waals surface area contributed by atoms with Crippen LogP contribution in [-0.2, 0) is 43.3 Å². The SMILES string of the molecule is O=C(NCCSSCCNC(=O)/C(Cc1c[nH]c2ccc(I)cc12)=N/OC(c1ccccc1)(c1ccccc1)c1ccccc1)/C(Cc1c[nH]c2ccc(I)cc12)=N/OC(c1ccccc1)(c1ccccc1)c1ccccc1. The van der Waals surface area contributed by atoms with Crippen molar-refractivity contribution in [3.8, 4) is 0 Å². The predicted molar refractivity (Wildman–Crippen MR) is 336 cm³/mol. The van der Waals surface area contributed by atoms with Crippen LogP contribution in [0.2, 0.25) is 0 Å². The molecule has 0 fully saturated rings. The van der Waals surface area contributed by atoms with Crippen LogP contribution in [0.25, 0.3) is 21.8 Å². The van der Waals surface area contributed by atoms with Crippen LogP contribution in [-0.4, -0.2) is 57.8 Å².